The molecule has 0 saturated carbocycles. The lowest BCUT2D eigenvalue weighted by molar-refractivity contribution is -0.115. The van der Waals surface area contributed by atoms with Crippen LogP contribution in [0.3, 0.4) is 0 Å². The predicted octanol–water partition coefficient (Wildman–Crippen LogP) is 6.47. The number of hydrogen-bond acceptors (Lipinski definition) is 5. The van der Waals surface area contributed by atoms with Gasteiger partial charge in [0.25, 0.3) is 5.91 Å². The first-order chi connectivity index (χ1) is 16.4. The van der Waals surface area contributed by atoms with Crippen molar-refractivity contribution in [2.45, 2.75) is 20.0 Å². The summed E-state index contributed by atoms with van der Waals surface area (Å²) in [7, 11) is 1.56. The third kappa shape index (κ3) is 5.98. The average Bonchev–Trinajstić information content (AvgIpc) is 3.16. The van der Waals surface area contributed by atoms with Gasteiger partial charge in [-0.25, -0.2) is 9.38 Å². The Kier molecular flexibility index (Phi) is 7.89. The van der Waals surface area contributed by atoms with Crippen LogP contribution in [0.5, 0.6) is 11.5 Å². The summed E-state index contributed by atoms with van der Waals surface area (Å²) in [6.45, 7) is 2.31. The molecule has 1 heterocycles. The molecule has 1 aliphatic rings. The fourth-order valence-corrected chi connectivity index (χ4v) is 4.92. The minimum Gasteiger partial charge on any atom is -0.493 e. The molecule has 1 aliphatic heterocycles. The third-order valence-corrected chi connectivity index (χ3v) is 6.76. The van der Waals surface area contributed by atoms with E-state index < -0.39 is 0 Å². The number of amides is 1. The second kappa shape index (κ2) is 11.1. The zero-order chi connectivity index (χ0) is 24.1. The van der Waals surface area contributed by atoms with Gasteiger partial charge in [-0.2, -0.15) is 0 Å². The predicted molar refractivity (Wildman–Crippen MR) is 143 cm³/mol. The zero-order valence-corrected chi connectivity index (χ0v) is 21.6. The number of methoxy groups -OCH3 is 1. The molecule has 5 nitrogen and oxygen atoms in total. The molecule has 8 heteroatoms. The number of nitrogens with zero attached hydrogens (tertiary/aromatic N) is 1. The van der Waals surface area contributed by atoms with E-state index in [1.165, 1.54) is 29.5 Å². The first kappa shape index (κ1) is 24.3. The van der Waals surface area contributed by atoms with Gasteiger partial charge in [0.2, 0.25) is 0 Å². The van der Waals surface area contributed by atoms with E-state index in [-0.39, 0.29) is 18.3 Å². The van der Waals surface area contributed by atoms with E-state index >= 15 is 0 Å². The minimum atomic E-state index is -0.307. The molecule has 0 bridgehead atoms. The van der Waals surface area contributed by atoms with E-state index in [1.807, 2.05) is 36.4 Å². The molecule has 0 aromatic heterocycles. The van der Waals surface area contributed by atoms with Crippen LogP contribution < -0.4 is 14.8 Å². The van der Waals surface area contributed by atoms with Crippen LogP contribution in [-0.4, -0.2) is 18.2 Å². The van der Waals surface area contributed by atoms with Crippen molar-refractivity contribution in [3.63, 3.8) is 0 Å². The molecule has 0 spiro atoms. The number of amidine groups is 1. The van der Waals surface area contributed by atoms with E-state index in [2.05, 4.69) is 39.8 Å². The highest BCUT2D eigenvalue weighted by Gasteiger charge is 2.24. The molecule has 0 atom stereocenters. The zero-order valence-electron chi connectivity index (χ0n) is 18.6. The van der Waals surface area contributed by atoms with Crippen molar-refractivity contribution < 1.29 is 18.7 Å². The Hall–Kier alpha value is -2.85. The maximum atomic E-state index is 13.4. The Balaban J connectivity index is 1.52. The monoisotopic (exact) mass is 588 g/mol. The molecule has 0 aliphatic carbocycles. The van der Waals surface area contributed by atoms with E-state index in [0.29, 0.717) is 21.6 Å². The van der Waals surface area contributed by atoms with Crippen LogP contribution >= 0.6 is 34.4 Å². The normalized spacial score (nSPS) is 15.6. The van der Waals surface area contributed by atoms with Crippen LogP contribution in [0.25, 0.3) is 6.08 Å². The molecule has 0 radical (unpaired) electrons. The van der Waals surface area contributed by atoms with Crippen molar-refractivity contribution in [1.82, 2.24) is 5.32 Å². The summed E-state index contributed by atoms with van der Waals surface area (Å²) in [6, 6.07) is 17.9. The number of aliphatic imine (C=N–C) groups is 1. The molecular weight excluding hydrogens is 566 g/mol. The highest BCUT2D eigenvalue weighted by atomic mass is 127. The van der Waals surface area contributed by atoms with Crippen molar-refractivity contribution in [2.24, 2.45) is 4.99 Å². The quantitative estimate of drug-likeness (QED) is 0.254. The van der Waals surface area contributed by atoms with Crippen molar-refractivity contribution in [3.8, 4) is 11.5 Å². The van der Waals surface area contributed by atoms with Gasteiger partial charge in [-0.05, 0) is 99.9 Å². The van der Waals surface area contributed by atoms with Gasteiger partial charge < -0.3 is 14.8 Å². The Morgan fingerprint density at radius 3 is 2.62 bits per heavy atom. The molecule has 1 fully saturated rings. The molecule has 3 aromatic rings. The standard InChI is InChI=1S/C26H22FIN2O3S/c1-3-16-7-9-20(10-8-16)29-26-30-25(31)23(34-26)14-18-12-21(28)24(22(13-18)32-2)33-15-17-5-4-6-19(27)11-17/h4-14H,3,15H2,1-2H3,(H,29,30,31)/b23-14-. The largest absolute Gasteiger partial charge is 0.493 e. The fourth-order valence-electron chi connectivity index (χ4n) is 3.30. The SMILES string of the molecule is CCc1ccc(N=C2NC(=O)/C(=C/c3cc(I)c(OCc4cccc(F)c4)c(OC)c3)S2)cc1. The number of rotatable bonds is 7. The van der Waals surface area contributed by atoms with Crippen LogP contribution in [0.1, 0.15) is 23.6 Å². The van der Waals surface area contributed by atoms with E-state index in [1.54, 1.807) is 25.3 Å². The maximum Gasteiger partial charge on any atom is 0.264 e. The van der Waals surface area contributed by atoms with E-state index in [9.17, 15) is 9.18 Å². The smallest absolute Gasteiger partial charge is 0.264 e. The van der Waals surface area contributed by atoms with E-state index in [4.69, 9.17) is 9.47 Å². The number of ether oxygens (including phenoxy) is 2. The number of hydrogen-bond donors (Lipinski definition) is 1. The van der Waals surface area contributed by atoms with Gasteiger partial charge >= 0.3 is 0 Å². The topological polar surface area (TPSA) is 59.9 Å². The van der Waals surface area contributed by atoms with Crippen molar-refractivity contribution in [1.29, 1.82) is 0 Å². The van der Waals surface area contributed by atoms with Gasteiger partial charge in [-0.3, -0.25) is 4.79 Å². The maximum absolute atomic E-state index is 13.4. The third-order valence-electron chi connectivity index (χ3n) is 5.05. The number of aryl methyl sites for hydroxylation is 1. The summed E-state index contributed by atoms with van der Waals surface area (Å²) >= 11 is 3.45. The number of benzene rings is 3. The number of carbonyl (C=O) groups excluding carboxylic acids is 1. The van der Waals surface area contributed by atoms with Gasteiger partial charge in [-0.1, -0.05) is 31.2 Å². The van der Waals surface area contributed by atoms with Gasteiger partial charge in [0.05, 0.1) is 21.3 Å². The van der Waals surface area contributed by atoms with Crippen molar-refractivity contribution in [2.75, 3.05) is 7.11 Å². The second-order valence-corrected chi connectivity index (χ2v) is 9.65. The Bertz CT molecular complexity index is 1280. The lowest BCUT2D eigenvalue weighted by atomic mass is 10.1. The number of carbonyl (C=O) groups is 1. The summed E-state index contributed by atoms with van der Waals surface area (Å²) in [5, 5.41) is 3.36. The minimum absolute atomic E-state index is 0.200. The van der Waals surface area contributed by atoms with Gasteiger partial charge in [0, 0.05) is 0 Å². The van der Waals surface area contributed by atoms with Crippen LogP contribution in [0.2, 0.25) is 0 Å². The van der Waals surface area contributed by atoms with Gasteiger partial charge in [-0.15, -0.1) is 0 Å². The first-order valence-corrected chi connectivity index (χ1v) is 12.5. The lowest BCUT2D eigenvalue weighted by Crippen LogP contribution is -2.19. The van der Waals surface area contributed by atoms with Gasteiger partial charge in [0.1, 0.15) is 12.4 Å². The van der Waals surface area contributed by atoms with Crippen LogP contribution in [0.15, 0.2) is 70.6 Å². The number of halogens is 2. The van der Waals surface area contributed by atoms with Gasteiger partial charge in [0.15, 0.2) is 16.7 Å². The summed E-state index contributed by atoms with van der Waals surface area (Å²) < 4.78 is 25.7. The number of thioether (sulfide) groups is 1. The van der Waals surface area contributed by atoms with Crippen molar-refractivity contribution >= 4 is 57.2 Å². The molecule has 3 aromatic carbocycles. The molecule has 1 amide bonds. The lowest BCUT2D eigenvalue weighted by Gasteiger charge is -2.14. The Labute approximate surface area is 215 Å². The summed E-state index contributed by atoms with van der Waals surface area (Å²) in [5.74, 6) is 0.589. The average molecular weight is 588 g/mol. The molecule has 174 valence electrons. The van der Waals surface area contributed by atoms with Crippen LogP contribution in [-0.2, 0) is 17.8 Å². The van der Waals surface area contributed by atoms with E-state index in [0.717, 1.165) is 26.8 Å². The summed E-state index contributed by atoms with van der Waals surface area (Å²) in [5.41, 5.74) is 3.54. The Morgan fingerprint density at radius 2 is 1.91 bits per heavy atom. The fraction of sp³-hybridized carbons (Fsp3) is 0.154. The molecule has 1 N–H and O–H groups in total. The second-order valence-electron chi connectivity index (χ2n) is 7.45. The highest BCUT2D eigenvalue weighted by Crippen LogP contribution is 2.36. The molecule has 0 unspecified atom stereocenters. The molecule has 34 heavy (non-hydrogen) atoms. The highest BCUT2D eigenvalue weighted by molar-refractivity contribution is 14.1. The molecule has 4 rings (SSSR count). The number of nitrogens with one attached hydrogen (secondary N) is 1. The van der Waals surface area contributed by atoms with Crippen LogP contribution in [0.4, 0.5) is 10.1 Å². The van der Waals surface area contributed by atoms with Crippen molar-refractivity contribution in [3.05, 3.63) is 91.6 Å². The Morgan fingerprint density at radius 1 is 1.12 bits per heavy atom. The summed E-state index contributed by atoms with van der Waals surface area (Å²) in [6.07, 6.45) is 2.76. The molecular formula is C26H22FIN2O3S. The van der Waals surface area contributed by atoms with Crippen LogP contribution in [0, 0.1) is 9.39 Å². The first-order valence-electron chi connectivity index (χ1n) is 10.6. The molecule has 1 saturated heterocycles. The summed E-state index contributed by atoms with van der Waals surface area (Å²) in [4.78, 5) is 17.6.